The van der Waals surface area contributed by atoms with E-state index in [-0.39, 0.29) is 5.56 Å². The van der Waals surface area contributed by atoms with Gasteiger partial charge in [0.2, 0.25) is 5.88 Å². The van der Waals surface area contributed by atoms with Crippen LogP contribution in [-0.2, 0) is 13.1 Å². The zero-order chi connectivity index (χ0) is 23.5. The molecule has 2 aliphatic heterocycles. The topological polar surface area (TPSA) is 94.8 Å². The van der Waals surface area contributed by atoms with Crippen molar-refractivity contribution in [2.24, 2.45) is 0 Å². The second-order valence-corrected chi connectivity index (χ2v) is 8.75. The molecule has 0 aliphatic carbocycles. The monoisotopic (exact) mass is 464 g/mol. The highest BCUT2D eigenvalue weighted by Gasteiger charge is 2.23. The summed E-state index contributed by atoms with van der Waals surface area (Å²) in [5.41, 5.74) is 2.10. The maximum atomic E-state index is 12.5. The average molecular weight is 464 g/mol. The number of likely N-dealkylation sites (tertiary alicyclic amines) is 1. The Morgan fingerprint density at radius 2 is 1.91 bits per heavy atom. The summed E-state index contributed by atoms with van der Waals surface area (Å²) in [6, 6.07) is 6.06. The van der Waals surface area contributed by atoms with Crippen molar-refractivity contribution in [3.8, 4) is 17.4 Å². The van der Waals surface area contributed by atoms with Crippen LogP contribution in [0.1, 0.15) is 18.5 Å². The van der Waals surface area contributed by atoms with E-state index in [1.807, 2.05) is 12.1 Å². The third-order valence-electron chi connectivity index (χ3n) is 6.59. The van der Waals surface area contributed by atoms with Crippen LogP contribution in [-0.4, -0.2) is 83.2 Å². The van der Waals surface area contributed by atoms with E-state index in [4.69, 9.17) is 14.2 Å². The normalized spacial score (nSPS) is 16.8. The zero-order valence-corrected chi connectivity index (χ0v) is 19.6. The maximum absolute atomic E-state index is 12.5. The molecule has 0 unspecified atom stereocenters. The highest BCUT2D eigenvalue weighted by Crippen LogP contribution is 2.30. The molecule has 5 heterocycles. The van der Waals surface area contributed by atoms with E-state index in [2.05, 4.69) is 32.6 Å². The Balaban J connectivity index is 1.16. The van der Waals surface area contributed by atoms with Crippen molar-refractivity contribution in [2.75, 3.05) is 40.0 Å². The van der Waals surface area contributed by atoms with E-state index in [9.17, 15) is 4.79 Å². The molecule has 34 heavy (non-hydrogen) atoms. The zero-order valence-electron chi connectivity index (χ0n) is 19.6. The Hall–Kier alpha value is -3.18. The molecule has 1 fully saturated rings. The Labute approximate surface area is 198 Å². The third kappa shape index (κ3) is 4.85. The number of piperidine rings is 1. The number of hydrogen-bond donors (Lipinski definition) is 0. The van der Waals surface area contributed by atoms with E-state index >= 15 is 0 Å². The molecule has 0 atom stereocenters. The summed E-state index contributed by atoms with van der Waals surface area (Å²) >= 11 is 0. The number of hydrogen-bond acceptors (Lipinski definition) is 9. The standard InChI is InChI=1S/C23H29BN6O4/c1-32-21-3-2-18-23(27-21)29(22(31)14-26-18)9-8-28-6-4-17(5-7-28)30(24)15-16-12-19-20(13-25-16)34-11-10-33-19/h2-3,12-14,17H,4-11,15,24H2,1H3. The molecule has 3 aromatic heterocycles. The molecular weight excluding hydrogens is 435 g/mol. The summed E-state index contributed by atoms with van der Waals surface area (Å²) in [6.45, 7) is 5.25. The van der Waals surface area contributed by atoms with Gasteiger partial charge in [-0.3, -0.25) is 14.3 Å². The van der Waals surface area contributed by atoms with E-state index < -0.39 is 0 Å². The smallest absolute Gasteiger partial charge is 0.270 e. The molecule has 0 bridgehead atoms. The first kappa shape index (κ1) is 22.6. The van der Waals surface area contributed by atoms with Crippen molar-refractivity contribution in [1.29, 1.82) is 0 Å². The van der Waals surface area contributed by atoms with E-state index in [0.717, 1.165) is 56.2 Å². The summed E-state index contributed by atoms with van der Waals surface area (Å²) in [5, 5.41) is 0. The third-order valence-corrected chi connectivity index (χ3v) is 6.59. The SMILES string of the molecule is BN(Cc1cc2c(cn1)OCCO2)C1CCN(CCn2c(=O)cnc3ccc(OC)nc32)CC1. The van der Waals surface area contributed by atoms with E-state index in [0.29, 0.717) is 42.8 Å². The van der Waals surface area contributed by atoms with Crippen LogP contribution >= 0.6 is 0 Å². The Morgan fingerprint density at radius 1 is 1.12 bits per heavy atom. The Morgan fingerprint density at radius 3 is 2.71 bits per heavy atom. The molecular formula is C23H29BN6O4. The maximum Gasteiger partial charge on any atom is 0.270 e. The van der Waals surface area contributed by atoms with Crippen LogP contribution in [0.2, 0.25) is 0 Å². The van der Waals surface area contributed by atoms with Crippen molar-refractivity contribution in [3.63, 3.8) is 0 Å². The molecule has 0 saturated carbocycles. The minimum Gasteiger partial charge on any atom is -0.486 e. The van der Waals surface area contributed by atoms with Gasteiger partial charge in [0.05, 0.1) is 25.2 Å². The van der Waals surface area contributed by atoms with Crippen molar-refractivity contribution < 1.29 is 14.2 Å². The lowest BCUT2D eigenvalue weighted by atomic mass is 9.99. The first-order chi connectivity index (χ1) is 16.6. The van der Waals surface area contributed by atoms with Crippen LogP contribution in [0.15, 0.2) is 35.4 Å². The highest BCUT2D eigenvalue weighted by molar-refractivity contribution is 6.04. The van der Waals surface area contributed by atoms with Gasteiger partial charge in [0.1, 0.15) is 18.7 Å². The van der Waals surface area contributed by atoms with Gasteiger partial charge in [-0.2, -0.15) is 4.98 Å². The van der Waals surface area contributed by atoms with Gasteiger partial charge in [0.15, 0.2) is 25.1 Å². The van der Waals surface area contributed by atoms with E-state index in [1.54, 1.807) is 23.9 Å². The molecule has 0 aromatic carbocycles. The number of fused-ring (bicyclic) bond motifs is 2. The molecule has 0 spiro atoms. The van der Waals surface area contributed by atoms with Gasteiger partial charge in [-0.05, 0) is 32.0 Å². The number of methoxy groups -OCH3 is 1. The fourth-order valence-corrected chi connectivity index (χ4v) is 4.64. The first-order valence-electron chi connectivity index (χ1n) is 11.7. The van der Waals surface area contributed by atoms with Crippen LogP contribution in [0.3, 0.4) is 0 Å². The first-order valence-corrected chi connectivity index (χ1v) is 11.7. The van der Waals surface area contributed by atoms with Crippen molar-refractivity contribution in [1.82, 2.24) is 29.2 Å². The van der Waals surface area contributed by atoms with Gasteiger partial charge in [-0.1, -0.05) is 0 Å². The van der Waals surface area contributed by atoms with Crippen LogP contribution < -0.4 is 19.8 Å². The molecule has 0 N–H and O–H groups in total. The van der Waals surface area contributed by atoms with Crippen molar-refractivity contribution in [3.05, 3.63) is 46.6 Å². The van der Waals surface area contributed by atoms with Gasteiger partial charge in [0.25, 0.3) is 5.56 Å². The average Bonchev–Trinajstić information content (AvgIpc) is 2.88. The largest absolute Gasteiger partial charge is 0.486 e. The summed E-state index contributed by atoms with van der Waals surface area (Å²) in [4.78, 5) is 30.5. The lowest BCUT2D eigenvalue weighted by Crippen LogP contribution is -2.45. The summed E-state index contributed by atoms with van der Waals surface area (Å²) in [6.07, 6.45) is 5.26. The van der Waals surface area contributed by atoms with E-state index in [1.165, 1.54) is 6.20 Å². The van der Waals surface area contributed by atoms with Crippen LogP contribution in [0.25, 0.3) is 11.2 Å². The molecule has 1 saturated heterocycles. The van der Waals surface area contributed by atoms with Crippen molar-refractivity contribution in [2.45, 2.75) is 32.0 Å². The molecule has 5 rings (SSSR count). The number of aromatic nitrogens is 4. The summed E-state index contributed by atoms with van der Waals surface area (Å²) in [7, 11) is 3.72. The van der Waals surface area contributed by atoms with Crippen molar-refractivity contribution >= 4 is 19.1 Å². The van der Waals surface area contributed by atoms with Gasteiger partial charge in [-0.15, -0.1) is 0 Å². The number of ether oxygens (including phenoxy) is 3. The van der Waals surface area contributed by atoms with Gasteiger partial charge in [-0.25, -0.2) is 4.98 Å². The lowest BCUT2D eigenvalue weighted by Gasteiger charge is -2.37. The number of rotatable bonds is 7. The second kappa shape index (κ2) is 9.98. The fraction of sp³-hybridized carbons (Fsp3) is 0.478. The molecule has 10 nitrogen and oxygen atoms in total. The molecule has 178 valence electrons. The highest BCUT2D eigenvalue weighted by atomic mass is 16.6. The second-order valence-electron chi connectivity index (χ2n) is 8.75. The lowest BCUT2D eigenvalue weighted by molar-refractivity contribution is 0.152. The molecule has 11 heteroatoms. The summed E-state index contributed by atoms with van der Waals surface area (Å²) in [5.74, 6) is 1.98. The fourth-order valence-electron chi connectivity index (χ4n) is 4.64. The summed E-state index contributed by atoms with van der Waals surface area (Å²) < 4.78 is 18.2. The van der Waals surface area contributed by atoms with Crippen LogP contribution in [0, 0.1) is 0 Å². The number of pyridine rings is 2. The Bertz CT molecular complexity index is 1210. The number of nitrogens with zero attached hydrogens (tertiary/aromatic N) is 6. The van der Waals surface area contributed by atoms with Gasteiger partial charge >= 0.3 is 0 Å². The molecule has 2 aliphatic rings. The van der Waals surface area contributed by atoms with Gasteiger partial charge in [0, 0.05) is 37.8 Å². The molecule has 3 aromatic rings. The predicted octanol–water partition coefficient (Wildman–Crippen LogP) is 0.481. The van der Waals surface area contributed by atoms with Crippen LogP contribution in [0.5, 0.6) is 17.4 Å². The minimum absolute atomic E-state index is 0.144. The van der Waals surface area contributed by atoms with Crippen LogP contribution in [0.4, 0.5) is 0 Å². The predicted molar refractivity (Wildman–Crippen MR) is 129 cm³/mol. The minimum atomic E-state index is -0.144. The Kier molecular flexibility index (Phi) is 6.64. The van der Waals surface area contributed by atoms with Gasteiger partial charge < -0.3 is 23.9 Å². The quantitative estimate of drug-likeness (QED) is 0.463. The molecule has 0 amide bonds. The molecule has 0 radical (unpaired) electrons.